The molecule has 1 heterocycles. The van der Waals surface area contributed by atoms with Gasteiger partial charge in [0.2, 0.25) is 11.8 Å². The first-order valence-electron chi connectivity index (χ1n) is 5.89. The van der Waals surface area contributed by atoms with Crippen LogP contribution in [0.5, 0.6) is 0 Å². The predicted molar refractivity (Wildman–Crippen MR) is 62.8 cm³/mol. The summed E-state index contributed by atoms with van der Waals surface area (Å²) in [6.45, 7) is 4.75. The van der Waals surface area contributed by atoms with Crippen LogP contribution in [0.2, 0.25) is 0 Å². The van der Waals surface area contributed by atoms with Gasteiger partial charge in [-0.15, -0.1) is 0 Å². The lowest BCUT2D eigenvalue weighted by molar-refractivity contribution is -0.142. The monoisotopic (exact) mass is 237 g/mol. The van der Waals surface area contributed by atoms with Crippen molar-refractivity contribution in [2.75, 3.05) is 26.7 Å². The molecule has 94 valence electrons. The summed E-state index contributed by atoms with van der Waals surface area (Å²) in [4.78, 5) is 27.0. The lowest BCUT2D eigenvalue weighted by Gasteiger charge is -2.27. The molecule has 0 bridgehead atoms. The molecular weight excluding hydrogens is 218 g/mol. The van der Waals surface area contributed by atoms with Crippen LogP contribution in [0.15, 0.2) is 0 Å². The highest BCUT2D eigenvalue weighted by Gasteiger charge is 2.36. The second kappa shape index (κ2) is 5.17. The van der Waals surface area contributed by atoms with Crippen molar-refractivity contribution in [3.05, 3.63) is 0 Å². The van der Waals surface area contributed by atoms with Gasteiger partial charge >= 0.3 is 0 Å². The van der Waals surface area contributed by atoms with Gasteiger partial charge in [0.1, 0.15) is 5.41 Å². The van der Waals surface area contributed by atoms with Gasteiger partial charge in [-0.3, -0.25) is 9.59 Å². The van der Waals surface area contributed by atoms with Crippen molar-refractivity contribution in [2.45, 2.75) is 26.7 Å². The van der Waals surface area contributed by atoms with Crippen LogP contribution in [0.25, 0.3) is 0 Å². The molecule has 5 heteroatoms. The molecule has 1 aliphatic heterocycles. The molecule has 0 aliphatic carbocycles. The van der Waals surface area contributed by atoms with Gasteiger partial charge in [-0.25, -0.2) is 0 Å². The van der Waals surface area contributed by atoms with Gasteiger partial charge in [-0.2, -0.15) is 5.26 Å². The van der Waals surface area contributed by atoms with Crippen LogP contribution in [-0.4, -0.2) is 48.3 Å². The molecule has 5 nitrogen and oxygen atoms in total. The largest absolute Gasteiger partial charge is 0.344 e. The van der Waals surface area contributed by atoms with E-state index in [0.29, 0.717) is 19.5 Å². The van der Waals surface area contributed by atoms with Gasteiger partial charge in [0.15, 0.2) is 0 Å². The zero-order valence-electron chi connectivity index (χ0n) is 10.7. The van der Waals surface area contributed by atoms with E-state index in [1.807, 2.05) is 6.92 Å². The molecule has 0 aromatic heterocycles. The van der Waals surface area contributed by atoms with Crippen LogP contribution < -0.4 is 0 Å². The van der Waals surface area contributed by atoms with Crippen LogP contribution in [0, 0.1) is 16.7 Å². The molecule has 17 heavy (non-hydrogen) atoms. The fourth-order valence-corrected chi connectivity index (χ4v) is 1.79. The average molecular weight is 237 g/mol. The number of amides is 2. The Morgan fingerprint density at radius 2 is 2.18 bits per heavy atom. The molecule has 0 saturated carbocycles. The van der Waals surface area contributed by atoms with Crippen molar-refractivity contribution in [1.82, 2.24) is 9.80 Å². The Bertz CT molecular complexity index is 361. The van der Waals surface area contributed by atoms with Gasteiger partial charge < -0.3 is 9.80 Å². The topological polar surface area (TPSA) is 64.4 Å². The normalized spacial score (nSPS) is 20.5. The van der Waals surface area contributed by atoms with E-state index in [4.69, 9.17) is 5.26 Å². The van der Waals surface area contributed by atoms with E-state index in [0.717, 1.165) is 6.42 Å². The first kappa shape index (κ1) is 13.5. The molecule has 1 saturated heterocycles. The third-order valence-electron chi connectivity index (χ3n) is 3.39. The molecule has 0 N–H and O–H groups in total. The fraction of sp³-hybridized carbons (Fsp3) is 0.750. The standard InChI is InChI=1S/C12H19N3O2/c1-4-12(2,9-13)11(17)15-7-5-6-14(3)10(16)8-15/h4-8H2,1-3H3. The molecule has 0 spiro atoms. The van der Waals surface area contributed by atoms with Gasteiger partial charge in [-0.1, -0.05) is 6.92 Å². The molecular formula is C12H19N3O2. The van der Waals surface area contributed by atoms with E-state index in [-0.39, 0.29) is 18.4 Å². The van der Waals surface area contributed by atoms with E-state index in [1.54, 1.807) is 18.9 Å². The lowest BCUT2D eigenvalue weighted by atomic mass is 9.87. The van der Waals surface area contributed by atoms with Gasteiger partial charge in [0, 0.05) is 20.1 Å². The maximum absolute atomic E-state index is 12.2. The highest BCUT2D eigenvalue weighted by atomic mass is 16.2. The minimum absolute atomic E-state index is 0.0627. The smallest absolute Gasteiger partial charge is 0.243 e. The van der Waals surface area contributed by atoms with Gasteiger partial charge in [0.05, 0.1) is 12.6 Å². The molecule has 1 fully saturated rings. The van der Waals surface area contributed by atoms with Crippen LogP contribution >= 0.6 is 0 Å². The van der Waals surface area contributed by atoms with E-state index in [2.05, 4.69) is 6.07 Å². The average Bonchev–Trinajstić information content (AvgIpc) is 2.50. The summed E-state index contributed by atoms with van der Waals surface area (Å²) < 4.78 is 0. The summed E-state index contributed by atoms with van der Waals surface area (Å²) in [7, 11) is 1.74. The number of hydrogen-bond acceptors (Lipinski definition) is 3. The predicted octanol–water partition coefficient (Wildman–Crippen LogP) is 0.617. The maximum Gasteiger partial charge on any atom is 0.243 e. The zero-order chi connectivity index (χ0) is 13.1. The van der Waals surface area contributed by atoms with E-state index in [1.165, 1.54) is 4.90 Å². The highest BCUT2D eigenvalue weighted by molar-refractivity contribution is 5.89. The third kappa shape index (κ3) is 2.76. The van der Waals surface area contributed by atoms with E-state index >= 15 is 0 Å². The van der Waals surface area contributed by atoms with E-state index < -0.39 is 5.41 Å². The number of rotatable bonds is 2. The molecule has 1 aliphatic rings. The van der Waals surface area contributed by atoms with Crippen LogP contribution in [0.3, 0.4) is 0 Å². The van der Waals surface area contributed by atoms with Crippen molar-refractivity contribution >= 4 is 11.8 Å². The molecule has 0 radical (unpaired) electrons. The number of carbonyl (C=O) groups excluding carboxylic acids is 2. The number of hydrogen-bond donors (Lipinski definition) is 0. The first-order chi connectivity index (χ1) is 7.94. The molecule has 1 atom stereocenters. The quantitative estimate of drug-likeness (QED) is 0.707. The lowest BCUT2D eigenvalue weighted by Crippen LogP contribution is -2.44. The fourth-order valence-electron chi connectivity index (χ4n) is 1.79. The second-order valence-corrected chi connectivity index (χ2v) is 4.69. The SMILES string of the molecule is CCC(C)(C#N)C(=O)N1CCCN(C)C(=O)C1. The van der Waals surface area contributed by atoms with Gasteiger partial charge in [0.25, 0.3) is 0 Å². The Morgan fingerprint density at radius 3 is 2.71 bits per heavy atom. The Morgan fingerprint density at radius 1 is 1.53 bits per heavy atom. The van der Waals surface area contributed by atoms with Crippen molar-refractivity contribution in [3.8, 4) is 6.07 Å². The summed E-state index contributed by atoms with van der Waals surface area (Å²) in [6.07, 6.45) is 1.22. The summed E-state index contributed by atoms with van der Waals surface area (Å²) in [5.74, 6) is -0.293. The Labute approximate surface area is 102 Å². The summed E-state index contributed by atoms with van der Waals surface area (Å²) in [6, 6.07) is 2.06. The number of likely N-dealkylation sites (N-methyl/N-ethyl adjacent to an activating group) is 1. The van der Waals surface area contributed by atoms with Crippen molar-refractivity contribution in [1.29, 1.82) is 5.26 Å². The van der Waals surface area contributed by atoms with Crippen LogP contribution in [0.4, 0.5) is 0 Å². The summed E-state index contributed by atoms with van der Waals surface area (Å²) >= 11 is 0. The molecule has 0 aromatic carbocycles. The van der Waals surface area contributed by atoms with E-state index in [9.17, 15) is 9.59 Å². The second-order valence-electron chi connectivity index (χ2n) is 4.69. The van der Waals surface area contributed by atoms with Gasteiger partial charge in [-0.05, 0) is 19.8 Å². The highest BCUT2D eigenvalue weighted by Crippen LogP contribution is 2.23. The number of carbonyl (C=O) groups is 2. The molecule has 2 amide bonds. The number of nitriles is 1. The maximum atomic E-state index is 12.2. The van der Waals surface area contributed by atoms with Crippen molar-refractivity contribution in [3.63, 3.8) is 0 Å². The molecule has 0 aromatic rings. The Balaban J connectivity index is 2.83. The molecule has 1 rings (SSSR count). The minimum Gasteiger partial charge on any atom is -0.344 e. The minimum atomic E-state index is -1.01. The molecule has 1 unspecified atom stereocenters. The van der Waals surface area contributed by atoms with Crippen molar-refractivity contribution < 1.29 is 9.59 Å². The first-order valence-corrected chi connectivity index (χ1v) is 5.89. The Hall–Kier alpha value is -1.57. The van der Waals surface area contributed by atoms with Crippen molar-refractivity contribution in [2.24, 2.45) is 5.41 Å². The third-order valence-corrected chi connectivity index (χ3v) is 3.39. The van der Waals surface area contributed by atoms with Crippen LogP contribution in [-0.2, 0) is 9.59 Å². The zero-order valence-corrected chi connectivity index (χ0v) is 10.7. The summed E-state index contributed by atoms with van der Waals surface area (Å²) in [5, 5.41) is 9.08. The number of nitrogens with zero attached hydrogens (tertiary/aromatic N) is 3. The van der Waals surface area contributed by atoms with Crippen LogP contribution in [0.1, 0.15) is 26.7 Å². The summed E-state index contributed by atoms with van der Waals surface area (Å²) in [5.41, 5.74) is -1.01. The Kier molecular flexibility index (Phi) is 4.11.